The molecule has 0 bridgehead atoms. The normalized spacial score (nSPS) is 11.6. The number of fused-ring (bicyclic) bond motifs is 1. The van der Waals surface area contributed by atoms with E-state index >= 15 is 0 Å². The van der Waals surface area contributed by atoms with Gasteiger partial charge in [0.05, 0.1) is 16.2 Å². The Labute approximate surface area is 209 Å². The number of halogens is 1. The van der Waals surface area contributed by atoms with Gasteiger partial charge in [0, 0.05) is 11.6 Å². The highest BCUT2D eigenvalue weighted by Gasteiger charge is 2.39. The lowest BCUT2D eigenvalue weighted by molar-refractivity contribution is 0.461. The fourth-order valence-electron chi connectivity index (χ4n) is 4.85. The smallest absolute Gasteiger partial charge is 0.138 e. The summed E-state index contributed by atoms with van der Waals surface area (Å²) >= 11 is 6.62. The van der Waals surface area contributed by atoms with Crippen molar-refractivity contribution in [1.29, 1.82) is 0 Å². The van der Waals surface area contributed by atoms with Crippen molar-refractivity contribution in [2.24, 2.45) is 0 Å². The summed E-state index contributed by atoms with van der Waals surface area (Å²) in [6, 6.07) is 43.3. The summed E-state index contributed by atoms with van der Waals surface area (Å²) in [5.74, 6) is 0. The maximum absolute atomic E-state index is 6.62. The molecule has 4 aromatic carbocycles. The van der Waals surface area contributed by atoms with Crippen LogP contribution in [0.2, 0.25) is 5.02 Å². The van der Waals surface area contributed by atoms with Crippen LogP contribution >= 0.6 is 11.6 Å². The van der Waals surface area contributed by atoms with E-state index in [1.54, 1.807) is 0 Å². The molecule has 0 unspecified atom stereocenters. The Bertz CT molecular complexity index is 1500. The third kappa shape index (κ3) is 3.61. The van der Waals surface area contributed by atoms with E-state index < -0.39 is 5.54 Å². The zero-order chi connectivity index (χ0) is 23.7. The molecule has 6 rings (SSSR count). The summed E-state index contributed by atoms with van der Waals surface area (Å²) in [5.41, 5.74) is 5.07. The van der Waals surface area contributed by atoms with Crippen molar-refractivity contribution in [3.05, 3.63) is 155 Å². The number of hydrogen-bond donors (Lipinski definition) is 0. The van der Waals surface area contributed by atoms with Crippen LogP contribution in [0.1, 0.15) is 16.7 Å². The molecule has 168 valence electrons. The van der Waals surface area contributed by atoms with Gasteiger partial charge >= 0.3 is 0 Å². The van der Waals surface area contributed by atoms with Gasteiger partial charge in [-0.2, -0.15) is 5.10 Å². The van der Waals surface area contributed by atoms with Crippen LogP contribution in [0.4, 0.5) is 0 Å². The second-order valence-electron chi connectivity index (χ2n) is 8.46. The van der Waals surface area contributed by atoms with Crippen molar-refractivity contribution in [2.45, 2.75) is 5.54 Å². The van der Waals surface area contributed by atoms with Crippen molar-refractivity contribution in [1.82, 2.24) is 14.8 Å². The molecule has 2 heterocycles. The van der Waals surface area contributed by atoms with Crippen molar-refractivity contribution in [3.63, 3.8) is 0 Å². The quantitative estimate of drug-likeness (QED) is 0.242. The molecular formula is C31H22ClN3. The van der Waals surface area contributed by atoms with Crippen LogP contribution in [-0.2, 0) is 5.54 Å². The van der Waals surface area contributed by atoms with Crippen molar-refractivity contribution in [3.8, 4) is 11.4 Å². The fourth-order valence-corrected chi connectivity index (χ4v) is 5.11. The highest BCUT2D eigenvalue weighted by Crippen LogP contribution is 2.41. The molecule has 6 aromatic rings. The number of aromatic nitrogens is 3. The second-order valence-corrected chi connectivity index (χ2v) is 8.87. The molecule has 0 aliphatic carbocycles. The van der Waals surface area contributed by atoms with Gasteiger partial charge in [-0.15, -0.1) is 0 Å². The van der Waals surface area contributed by atoms with Crippen LogP contribution in [0.3, 0.4) is 0 Å². The maximum Gasteiger partial charge on any atom is 0.138 e. The van der Waals surface area contributed by atoms with Gasteiger partial charge in [-0.25, -0.2) is 4.98 Å². The lowest BCUT2D eigenvalue weighted by Crippen LogP contribution is -2.38. The first-order valence-electron chi connectivity index (χ1n) is 11.6. The average Bonchev–Trinajstić information content (AvgIpc) is 3.42. The highest BCUT2D eigenvalue weighted by atomic mass is 35.5. The summed E-state index contributed by atoms with van der Waals surface area (Å²) in [6.45, 7) is 0. The fraction of sp³-hybridized carbons (Fsp3) is 0.0323. The summed E-state index contributed by atoms with van der Waals surface area (Å²) in [7, 11) is 0. The zero-order valence-electron chi connectivity index (χ0n) is 18.9. The number of para-hydroxylation sites is 1. The summed E-state index contributed by atoms with van der Waals surface area (Å²) < 4.78 is 2.05. The number of pyridine rings is 1. The molecule has 0 N–H and O–H groups in total. The molecule has 0 saturated carbocycles. The predicted octanol–water partition coefficient (Wildman–Crippen LogP) is 7.59. The van der Waals surface area contributed by atoms with Gasteiger partial charge in [0.25, 0.3) is 0 Å². The number of benzene rings is 4. The Balaban J connectivity index is 1.61. The van der Waals surface area contributed by atoms with Crippen LogP contribution in [-0.4, -0.2) is 14.8 Å². The average molecular weight is 472 g/mol. The van der Waals surface area contributed by atoms with Gasteiger partial charge in [-0.3, -0.25) is 4.68 Å². The van der Waals surface area contributed by atoms with Crippen molar-refractivity contribution >= 4 is 22.5 Å². The van der Waals surface area contributed by atoms with Gasteiger partial charge in [0.15, 0.2) is 0 Å². The van der Waals surface area contributed by atoms with E-state index in [0.717, 1.165) is 39.0 Å². The lowest BCUT2D eigenvalue weighted by atomic mass is 9.77. The first kappa shape index (κ1) is 21.3. The van der Waals surface area contributed by atoms with Gasteiger partial charge < -0.3 is 0 Å². The van der Waals surface area contributed by atoms with Crippen LogP contribution in [0.25, 0.3) is 22.3 Å². The molecular weight excluding hydrogens is 450 g/mol. The minimum atomic E-state index is -0.664. The minimum absolute atomic E-state index is 0.664. The standard InChI is InChI=1S/C31H22ClN3/c32-27-22-30(33-28-19-11-10-18-26(27)28)29-20-21-35(34-29)31(23-12-4-1-5-13-23,24-14-6-2-7-15-24)25-16-8-3-9-17-25/h1-22H. The zero-order valence-corrected chi connectivity index (χ0v) is 19.7. The van der Waals surface area contributed by atoms with Gasteiger partial charge in [0.2, 0.25) is 0 Å². The second kappa shape index (κ2) is 8.86. The first-order chi connectivity index (χ1) is 17.3. The monoisotopic (exact) mass is 471 g/mol. The lowest BCUT2D eigenvalue weighted by Gasteiger charge is -2.36. The predicted molar refractivity (Wildman–Crippen MR) is 143 cm³/mol. The third-order valence-electron chi connectivity index (χ3n) is 6.44. The van der Waals surface area contributed by atoms with Crippen LogP contribution in [0.5, 0.6) is 0 Å². The van der Waals surface area contributed by atoms with Gasteiger partial charge in [-0.05, 0) is 34.9 Å². The Morgan fingerprint density at radius 1 is 0.571 bits per heavy atom. The van der Waals surface area contributed by atoms with E-state index in [4.69, 9.17) is 21.7 Å². The third-order valence-corrected chi connectivity index (χ3v) is 6.75. The molecule has 0 spiro atoms. The molecule has 3 nitrogen and oxygen atoms in total. The van der Waals surface area contributed by atoms with E-state index in [-0.39, 0.29) is 0 Å². The Hall–Kier alpha value is -4.21. The number of hydrogen-bond acceptors (Lipinski definition) is 2. The van der Waals surface area contributed by atoms with Crippen LogP contribution in [0, 0.1) is 0 Å². The van der Waals surface area contributed by atoms with E-state index in [9.17, 15) is 0 Å². The topological polar surface area (TPSA) is 30.7 Å². The summed E-state index contributed by atoms with van der Waals surface area (Å²) in [4.78, 5) is 4.86. The van der Waals surface area contributed by atoms with Crippen LogP contribution < -0.4 is 0 Å². The summed E-state index contributed by atoms with van der Waals surface area (Å²) in [5, 5.41) is 6.73. The maximum atomic E-state index is 6.62. The minimum Gasteiger partial charge on any atom is -0.252 e. The van der Waals surface area contributed by atoms with E-state index in [0.29, 0.717) is 5.02 Å². The molecule has 0 amide bonds. The Kier molecular flexibility index (Phi) is 5.40. The van der Waals surface area contributed by atoms with Gasteiger partial charge in [-0.1, -0.05) is 121 Å². The molecule has 35 heavy (non-hydrogen) atoms. The molecule has 4 heteroatoms. The Morgan fingerprint density at radius 3 is 1.66 bits per heavy atom. The molecule has 0 radical (unpaired) electrons. The van der Waals surface area contributed by atoms with E-state index in [1.807, 2.05) is 65.5 Å². The molecule has 0 aliphatic heterocycles. The molecule has 0 saturated heterocycles. The molecule has 2 aromatic heterocycles. The van der Waals surface area contributed by atoms with Crippen molar-refractivity contribution < 1.29 is 0 Å². The largest absolute Gasteiger partial charge is 0.252 e. The number of rotatable bonds is 5. The summed E-state index contributed by atoms with van der Waals surface area (Å²) in [6.07, 6.45) is 2.03. The highest BCUT2D eigenvalue weighted by molar-refractivity contribution is 6.35. The van der Waals surface area contributed by atoms with E-state index in [1.165, 1.54) is 0 Å². The van der Waals surface area contributed by atoms with Crippen LogP contribution in [0.15, 0.2) is 134 Å². The first-order valence-corrected chi connectivity index (χ1v) is 11.9. The number of nitrogens with zero attached hydrogens (tertiary/aromatic N) is 3. The molecule has 0 atom stereocenters. The Morgan fingerprint density at radius 2 is 1.09 bits per heavy atom. The molecule has 0 aliphatic rings. The SMILES string of the molecule is Clc1cc(-c2ccn(C(c3ccccc3)(c3ccccc3)c3ccccc3)n2)nc2ccccc12. The van der Waals surface area contributed by atoms with Crippen molar-refractivity contribution in [2.75, 3.05) is 0 Å². The van der Waals surface area contributed by atoms with E-state index in [2.05, 4.69) is 72.8 Å². The molecule has 0 fully saturated rings. The van der Waals surface area contributed by atoms with Gasteiger partial charge in [0.1, 0.15) is 11.2 Å².